The Balaban J connectivity index is 0.00000225. The van der Waals surface area contributed by atoms with E-state index in [2.05, 4.69) is 20.5 Å². The van der Waals surface area contributed by atoms with Gasteiger partial charge in [0.25, 0.3) is 0 Å². The fraction of sp³-hybridized carbons (Fsp3) is 0.619. The average molecular weight is 498 g/mol. The van der Waals surface area contributed by atoms with Gasteiger partial charge in [-0.3, -0.25) is 9.79 Å². The summed E-state index contributed by atoms with van der Waals surface area (Å²) >= 11 is 0. The molecule has 1 saturated carbocycles. The van der Waals surface area contributed by atoms with Crippen LogP contribution < -0.4 is 15.4 Å². The van der Waals surface area contributed by atoms with Gasteiger partial charge in [-0.2, -0.15) is 0 Å². The van der Waals surface area contributed by atoms with Gasteiger partial charge in [0.15, 0.2) is 5.96 Å². The SMILES string of the molecule is CN=C(NCCOc1ccc2c(c1)CCC(=O)N2)N1CC2CCCCC2C1.I. The largest absolute Gasteiger partial charge is 0.492 e. The highest BCUT2D eigenvalue weighted by molar-refractivity contribution is 14.0. The molecule has 2 unspecified atom stereocenters. The van der Waals surface area contributed by atoms with Gasteiger partial charge in [0.1, 0.15) is 12.4 Å². The minimum Gasteiger partial charge on any atom is -0.492 e. The zero-order valence-corrected chi connectivity index (χ0v) is 18.9. The molecule has 0 spiro atoms. The first-order valence-electron chi connectivity index (χ1n) is 10.2. The number of carbonyl (C=O) groups excluding carboxylic acids is 1. The predicted molar refractivity (Wildman–Crippen MR) is 123 cm³/mol. The summed E-state index contributed by atoms with van der Waals surface area (Å²) in [6, 6.07) is 5.89. The van der Waals surface area contributed by atoms with Gasteiger partial charge in [0.05, 0.1) is 6.54 Å². The highest BCUT2D eigenvalue weighted by atomic mass is 127. The zero-order valence-electron chi connectivity index (χ0n) is 16.6. The van der Waals surface area contributed by atoms with Crippen LogP contribution in [0.25, 0.3) is 0 Å². The van der Waals surface area contributed by atoms with Crippen LogP contribution in [0.15, 0.2) is 23.2 Å². The lowest BCUT2D eigenvalue weighted by molar-refractivity contribution is -0.116. The van der Waals surface area contributed by atoms with Crippen LogP contribution in [0, 0.1) is 11.8 Å². The number of carbonyl (C=O) groups is 1. The lowest BCUT2D eigenvalue weighted by Crippen LogP contribution is -2.41. The summed E-state index contributed by atoms with van der Waals surface area (Å²) in [6.07, 6.45) is 6.85. The first kappa shape index (κ1) is 21.2. The quantitative estimate of drug-likeness (QED) is 0.290. The molecular formula is C21H31IN4O2. The number of nitrogens with zero attached hydrogens (tertiary/aromatic N) is 2. The first-order chi connectivity index (χ1) is 13.2. The zero-order chi connectivity index (χ0) is 18.6. The Morgan fingerprint density at radius 1 is 1.25 bits per heavy atom. The summed E-state index contributed by atoms with van der Waals surface area (Å²) in [5, 5.41) is 6.35. The number of ether oxygens (including phenoxy) is 1. The van der Waals surface area contributed by atoms with Gasteiger partial charge in [0, 0.05) is 32.2 Å². The molecule has 1 aromatic rings. The molecule has 2 heterocycles. The van der Waals surface area contributed by atoms with Crippen molar-refractivity contribution >= 4 is 41.5 Å². The Bertz CT molecular complexity index is 710. The maximum Gasteiger partial charge on any atom is 0.224 e. The number of fused-ring (bicyclic) bond motifs is 2. The second-order valence-corrected chi connectivity index (χ2v) is 7.90. The van der Waals surface area contributed by atoms with Crippen molar-refractivity contribution in [3.05, 3.63) is 23.8 Å². The summed E-state index contributed by atoms with van der Waals surface area (Å²) in [5.41, 5.74) is 2.06. The summed E-state index contributed by atoms with van der Waals surface area (Å²) in [6.45, 7) is 3.60. The number of rotatable bonds is 4. The van der Waals surface area contributed by atoms with Crippen molar-refractivity contribution in [1.29, 1.82) is 0 Å². The predicted octanol–water partition coefficient (Wildman–Crippen LogP) is 3.27. The minimum absolute atomic E-state index is 0. The summed E-state index contributed by atoms with van der Waals surface area (Å²) in [5.74, 6) is 3.65. The maximum atomic E-state index is 11.4. The molecule has 1 amide bonds. The number of anilines is 1. The van der Waals surface area contributed by atoms with E-state index in [-0.39, 0.29) is 29.9 Å². The second-order valence-electron chi connectivity index (χ2n) is 7.90. The molecule has 1 saturated heterocycles. The third kappa shape index (κ3) is 4.90. The number of hydrogen-bond acceptors (Lipinski definition) is 3. The van der Waals surface area contributed by atoms with Gasteiger partial charge >= 0.3 is 0 Å². The van der Waals surface area contributed by atoms with Crippen LogP contribution in [0.3, 0.4) is 0 Å². The molecule has 4 rings (SSSR count). The molecule has 1 aliphatic carbocycles. The first-order valence-corrected chi connectivity index (χ1v) is 10.2. The van der Waals surface area contributed by atoms with Gasteiger partial charge in [-0.15, -0.1) is 24.0 Å². The van der Waals surface area contributed by atoms with Crippen LogP contribution in [0.2, 0.25) is 0 Å². The van der Waals surface area contributed by atoms with Crippen LogP contribution in [0.5, 0.6) is 5.75 Å². The van der Waals surface area contributed by atoms with Crippen molar-refractivity contribution in [1.82, 2.24) is 10.2 Å². The van der Waals surface area contributed by atoms with Crippen LogP contribution in [-0.4, -0.2) is 50.1 Å². The molecule has 0 radical (unpaired) electrons. The van der Waals surface area contributed by atoms with Crippen molar-refractivity contribution in [3.63, 3.8) is 0 Å². The Hall–Kier alpha value is -1.51. The number of guanidine groups is 1. The standard InChI is InChI=1S/C21H30N4O2.HI/c1-22-21(25-13-16-4-2-3-5-17(16)14-25)23-10-11-27-18-7-8-19-15(12-18)6-9-20(26)24-19;/h7-8,12,16-17H,2-6,9-11,13-14H2,1H3,(H,22,23)(H,24,26);1H. The Morgan fingerprint density at radius 2 is 2.00 bits per heavy atom. The lowest BCUT2D eigenvalue weighted by atomic mass is 9.82. The number of hydrogen-bond donors (Lipinski definition) is 2. The van der Waals surface area contributed by atoms with Crippen molar-refractivity contribution in [3.8, 4) is 5.75 Å². The summed E-state index contributed by atoms with van der Waals surface area (Å²) in [7, 11) is 1.86. The van der Waals surface area contributed by atoms with Crippen LogP contribution in [0.4, 0.5) is 5.69 Å². The Morgan fingerprint density at radius 3 is 2.71 bits per heavy atom. The monoisotopic (exact) mass is 498 g/mol. The molecule has 2 atom stereocenters. The van der Waals surface area contributed by atoms with Crippen LogP contribution in [0.1, 0.15) is 37.7 Å². The number of aryl methyl sites for hydroxylation is 1. The number of benzene rings is 1. The van der Waals surface area contributed by atoms with Gasteiger partial charge in [0.2, 0.25) is 5.91 Å². The van der Waals surface area contributed by atoms with Gasteiger partial charge < -0.3 is 20.3 Å². The van der Waals surface area contributed by atoms with E-state index in [1.165, 1.54) is 25.7 Å². The molecule has 3 aliphatic rings. The topological polar surface area (TPSA) is 66.0 Å². The third-order valence-electron chi connectivity index (χ3n) is 6.11. The van der Waals surface area contributed by atoms with Crippen LogP contribution >= 0.6 is 24.0 Å². The normalized spacial score (nSPS) is 24.0. The molecule has 154 valence electrons. The Kier molecular flexibility index (Phi) is 7.42. The molecule has 2 aliphatic heterocycles. The third-order valence-corrected chi connectivity index (χ3v) is 6.11. The van der Waals surface area contributed by atoms with Crippen LogP contribution in [-0.2, 0) is 11.2 Å². The fourth-order valence-electron chi connectivity index (χ4n) is 4.69. The highest BCUT2D eigenvalue weighted by Crippen LogP contribution is 2.35. The van der Waals surface area contributed by atoms with Gasteiger partial charge in [-0.1, -0.05) is 12.8 Å². The smallest absolute Gasteiger partial charge is 0.224 e. The average Bonchev–Trinajstić information content (AvgIpc) is 3.12. The number of aliphatic imine (C=N–C) groups is 1. The van der Waals surface area contributed by atoms with E-state index in [1.807, 2.05) is 25.2 Å². The number of likely N-dealkylation sites (tertiary alicyclic amines) is 1. The molecule has 1 aromatic carbocycles. The van der Waals surface area contributed by atoms with E-state index < -0.39 is 0 Å². The molecular weight excluding hydrogens is 467 g/mol. The minimum atomic E-state index is 0. The lowest BCUT2D eigenvalue weighted by Gasteiger charge is -2.22. The fourth-order valence-corrected chi connectivity index (χ4v) is 4.69. The molecule has 6 nitrogen and oxygen atoms in total. The molecule has 7 heteroatoms. The van der Waals surface area contributed by atoms with E-state index in [4.69, 9.17) is 4.74 Å². The van der Waals surface area contributed by atoms with Gasteiger partial charge in [-0.05, 0) is 54.9 Å². The molecule has 0 aromatic heterocycles. The van der Waals surface area contributed by atoms with Crippen molar-refractivity contribution in [2.24, 2.45) is 16.8 Å². The van der Waals surface area contributed by atoms with Crippen molar-refractivity contribution in [2.45, 2.75) is 38.5 Å². The molecule has 2 fully saturated rings. The molecule has 28 heavy (non-hydrogen) atoms. The molecule has 0 bridgehead atoms. The van der Waals surface area contributed by atoms with E-state index >= 15 is 0 Å². The second kappa shape index (κ2) is 9.80. The highest BCUT2D eigenvalue weighted by Gasteiger charge is 2.35. The van der Waals surface area contributed by atoms with E-state index in [0.717, 1.165) is 60.9 Å². The number of halogens is 1. The summed E-state index contributed by atoms with van der Waals surface area (Å²) in [4.78, 5) is 18.3. The van der Waals surface area contributed by atoms with E-state index in [0.29, 0.717) is 13.0 Å². The number of amides is 1. The summed E-state index contributed by atoms with van der Waals surface area (Å²) < 4.78 is 5.90. The van der Waals surface area contributed by atoms with Crippen molar-refractivity contribution in [2.75, 3.05) is 38.6 Å². The maximum absolute atomic E-state index is 11.4. The van der Waals surface area contributed by atoms with Crippen molar-refractivity contribution < 1.29 is 9.53 Å². The van der Waals surface area contributed by atoms with Gasteiger partial charge in [-0.25, -0.2) is 0 Å². The van der Waals surface area contributed by atoms with E-state index in [9.17, 15) is 4.79 Å². The number of nitrogens with one attached hydrogen (secondary N) is 2. The Labute approximate surface area is 184 Å². The van der Waals surface area contributed by atoms with E-state index in [1.54, 1.807) is 0 Å². The molecule has 2 N–H and O–H groups in total.